The number of rotatable bonds is 11. The van der Waals surface area contributed by atoms with Gasteiger partial charge in [0, 0.05) is 67.0 Å². The van der Waals surface area contributed by atoms with E-state index in [1.165, 1.54) is 5.69 Å². The molecule has 0 aliphatic carbocycles. The number of amides is 1. The van der Waals surface area contributed by atoms with Crippen molar-refractivity contribution in [1.82, 2.24) is 19.8 Å². The predicted octanol–water partition coefficient (Wildman–Crippen LogP) is 5.53. The van der Waals surface area contributed by atoms with Gasteiger partial charge in [-0.3, -0.25) is 4.79 Å². The molecule has 0 spiro atoms. The first-order valence-corrected chi connectivity index (χ1v) is 18.4. The minimum atomic E-state index is -3.76. The molecule has 5 aromatic rings. The van der Waals surface area contributed by atoms with Crippen molar-refractivity contribution in [2.75, 3.05) is 56.2 Å². The van der Waals surface area contributed by atoms with Gasteiger partial charge in [0.2, 0.25) is 10.0 Å². The molecule has 2 N–H and O–H groups in total. The number of aromatic nitrogens is 2. The fourth-order valence-electron chi connectivity index (χ4n) is 6.39. The number of carbonyl (C=O) groups excluding carboxylic acids is 1. The van der Waals surface area contributed by atoms with Crippen molar-refractivity contribution >= 4 is 43.9 Å². The number of piperazine rings is 1. The number of nitrogens with zero attached hydrogens (tertiary/aromatic N) is 4. The van der Waals surface area contributed by atoms with Gasteiger partial charge in [-0.15, -0.1) is 10.2 Å². The Kier molecular flexibility index (Phi) is 9.92. The summed E-state index contributed by atoms with van der Waals surface area (Å²) < 4.78 is 40.8. The lowest BCUT2D eigenvalue weighted by molar-refractivity contribution is -0.133. The highest BCUT2D eigenvalue weighted by atomic mass is 32.2. The van der Waals surface area contributed by atoms with E-state index in [4.69, 9.17) is 9.47 Å². The lowest BCUT2D eigenvalue weighted by Crippen LogP contribution is -2.50. The molecule has 2 aliphatic rings. The van der Waals surface area contributed by atoms with E-state index in [0.717, 1.165) is 42.4 Å². The molecule has 50 heavy (non-hydrogen) atoms. The number of fused-ring (bicyclic) bond motifs is 1. The normalized spacial score (nSPS) is 16.5. The van der Waals surface area contributed by atoms with Crippen LogP contribution in [0.25, 0.3) is 22.0 Å². The van der Waals surface area contributed by atoms with Crippen LogP contribution in [0.5, 0.6) is 5.75 Å². The molecule has 258 valence electrons. The Labute approximate surface area is 292 Å². The first kappa shape index (κ1) is 33.5. The maximum absolute atomic E-state index is 13.3. The largest absolute Gasteiger partial charge is 0.484 e. The summed E-state index contributed by atoms with van der Waals surface area (Å²) in [5.74, 6) is 1.12. The summed E-state index contributed by atoms with van der Waals surface area (Å²) in [7, 11) is -3.76. The zero-order valence-electron chi connectivity index (χ0n) is 27.9. The molecule has 0 radical (unpaired) electrons. The van der Waals surface area contributed by atoms with Gasteiger partial charge in [-0.1, -0.05) is 54.6 Å². The molecule has 1 unspecified atom stereocenters. The van der Waals surface area contributed by atoms with Crippen LogP contribution in [0.3, 0.4) is 0 Å². The first-order valence-electron chi connectivity index (χ1n) is 16.9. The number of nitrogens with one attached hydrogen (secondary N) is 2. The zero-order valence-corrected chi connectivity index (χ0v) is 28.7. The molecular weight excluding hydrogens is 653 g/mol. The van der Waals surface area contributed by atoms with Gasteiger partial charge in [0.05, 0.1) is 11.0 Å². The third kappa shape index (κ3) is 7.57. The first-order chi connectivity index (χ1) is 24.3. The van der Waals surface area contributed by atoms with Crippen LogP contribution in [0.2, 0.25) is 0 Å². The Morgan fingerprint density at radius 3 is 2.38 bits per heavy atom. The Balaban J connectivity index is 1.00. The quantitative estimate of drug-likeness (QED) is 0.184. The van der Waals surface area contributed by atoms with E-state index >= 15 is 0 Å². The minimum Gasteiger partial charge on any atom is -0.484 e. The lowest BCUT2D eigenvalue weighted by atomic mass is 10.0. The average molecular weight is 693 g/mol. The average Bonchev–Trinajstić information content (AvgIpc) is 3.69. The molecule has 4 aromatic carbocycles. The Morgan fingerprint density at radius 1 is 0.900 bits per heavy atom. The van der Waals surface area contributed by atoms with Gasteiger partial charge in [0.1, 0.15) is 11.4 Å². The van der Waals surface area contributed by atoms with Crippen LogP contribution in [-0.4, -0.2) is 81.5 Å². The second-order valence-corrected chi connectivity index (χ2v) is 14.3. The van der Waals surface area contributed by atoms with Gasteiger partial charge in [-0.05, 0) is 67.8 Å². The maximum Gasteiger partial charge on any atom is 0.260 e. The Morgan fingerprint density at radius 2 is 1.64 bits per heavy atom. The van der Waals surface area contributed by atoms with E-state index in [-0.39, 0.29) is 30.1 Å². The number of hydrogen-bond acceptors (Lipinski definition) is 9. The van der Waals surface area contributed by atoms with Crippen LogP contribution in [0.1, 0.15) is 18.4 Å². The summed E-state index contributed by atoms with van der Waals surface area (Å²) in [4.78, 5) is 17.2. The molecule has 11 nitrogen and oxygen atoms in total. The Hall–Kier alpha value is -5.04. The number of aryl methyl sites for hydroxylation is 1. The molecule has 2 fully saturated rings. The van der Waals surface area contributed by atoms with Crippen LogP contribution in [0, 0.1) is 6.92 Å². The number of carbonyl (C=O) groups is 1. The summed E-state index contributed by atoms with van der Waals surface area (Å²) in [5, 5.41) is 14.1. The van der Waals surface area contributed by atoms with Gasteiger partial charge in [-0.25, -0.2) is 13.1 Å². The van der Waals surface area contributed by atoms with Crippen molar-refractivity contribution in [2.45, 2.75) is 30.8 Å². The molecule has 1 atom stereocenters. The molecule has 1 aromatic heterocycles. The molecule has 3 heterocycles. The molecule has 0 saturated carbocycles. The van der Waals surface area contributed by atoms with Crippen LogP contribution < -0.4 is 19.7 Å². The number of ether oxygens (including phenoxy) is 2. The highest BCUT2D eigenvalue weighted by Gasteiger charge is 2.24. The lowest BCUT2D eigenvalue weighted by Gasteiger charge is -2.36. The van der Waals surface area contributed by atoms with E-state index in [1.54, 1.807) is 19.1 Å². The van der Waals surface area contributed by atoms with Crippen molar-refractivity contribution in [3.05, 3.63) is 103 Å². The summed E-state index contributed by atoms with van der Waals surface area (Å²) in [5.41, 5.74) is 3.82. The fourth-order valence-corrected chi connectivity index (χ4v) is 7.73. The standard InChI is InChI=1S/C38H40N6O5S/c1-27-13-14-28(24-35(27)50(46,47)39-25-32-10-7-23-48-32)37-33-11-5-6-12-34(33)38(42-41-37)40-29-15-17-31(18-16-29)49-26-36(45)44-21-19-43(20-22-44)30-8-3-2-4-9-30/h2-6,8-9,11-18,24,32,39H,7,10,19-23,25-26H2,1H3,(H,40,42). The van der Waals surface area contributed by atoms with Crippen molar-refractivity contribution < 1.29 is 22.7 Å². The highest BCUT2D eigenvalue weighted by Crippen LogP contribution is 2.33. The number of hydrogen-bond donors (Lipinski definition) is 2. The van der Waals surface area contributed by atoms with E-state index in [1.807, 2.05) is 77.7 Å². The van der Waals surface area contributed by atoms with E-state index in [0.29, 0.717) is 48.1 Å². The smallest absolute Gasteiger partial charge is 0.260 e. The van der Waals surface area contributed by atoms with Crippen molar-refractivity contribution in [2.24, 2.45) is 0 Å². The van der Waals surface area contributed by atoms with Crippen molar-refractivity contribution in [3.8, 4) is 17.0 Å². The molecule has 2 aliphatic heterocycles. The van der Waals surface area contributed by atoms with Gasteiger partial charge < -0.3 is 24.6 Å². The van der Waals surface area contributed by atoms with E-state index < -0.39 is 10.0 Å². The number of para-hydroxylation sites is 1. The van der Waals surface area contributed by atoms with Gasteiger partial charge in [0.15, 0.2) is 12.4 Å². The van der Waals surface area contributed by atoms with Crippen LogP contribution >= 0.6 is 0 Å². The zero-order chi connectivity index (χ0) is 34.5. The van der Waals surface area contributed by atoms with E-state index in [2.05, 4.69) is 37.3 Å². The maximum atomic E-state index is 13.3. The second-order valence-electron chi connectivity index (χ2n) is 12.6. The molecule has 2 saturated heterocycles. The molecule has 0 bridgehead atoms. The Bertz CT molecular complexity index is 2060. The number of sulfonamides is 1. The monoisotopic (exact) mass is 692 g/mol. The molecule has 1 amide bonds. The summed E-state index contributed by atoms with van der Waals surface area (Å²) >= 11 is 0. The molecule has 12 heteroatoms. The van der Waals surface area contributed by atoms with Gasteiger partial charge in [0.25, 0.3) is 5.91 Å². The highest BCUT2D eigenvalue weighted by molar-refractivity contribution is 7.89. The SMILES string of the molecule is Cc1ccc(-c2nnc(Nc3ccc(OCC(=O)N4CCN(c5ccccc5)CC4)cc3)c3ccccc23)cc1S(=O)(=O)NCC1CCCO1. The summed E-state index contributed by atoms with van der Waals surface area (Å²) in [6.45, 7) is 5.55. The van der Waals surface area contributed by atoms with Crippen LogP contribution in [-0.2, 0) is 19.6 Å². The topological polar surface area (TPSA) is 126 Å². The van der Waals surface area contributed by atoms with Gasteiger partial charge >= 0.3 is 0 Å². The third-order valence-corrected chi connectivity index (χ3v) is 10.8. The summed E-state index contributed by atoms with van der Waals surface area (Å²) in [6.07, 6.45) is 1.68. The number of benzene rings is 4. The predicted molar refractivity (Wildman–Crippen MR) is 194 cm³/mol. The molecular formula is C38H40N6O5S. The van der Waals surface area contributed by atoms with Crippen LogP contribution in [0.4, 0.5) is 17.2 Å². The van der Waals surface area contributed by atoms with E-state index in [9.17, 15) is 13.2 Å². The van der Waals surface area contributed by atoms with Gasteiger partial charge in [-0.2, -0.15) is 0 Å². The van der Waals surface area contributed by atoms with Crippen molar-refractivity contribution in [1.29, 1.82) is 0 Å². The number of anilines is 3. The van der Waals surface area contributed by atoms with Crippen molar-refractivity contribution in [3.63, 3.8) is 0 Å². The summed E-state index contributed by atoms with van der Waals surface area (Å²) in [6, 6.07) is 30.7. The second kappa shape index (κ2) is 14.8. The molecule has 7 rings (SSSR count). The third-order valence-electron chi connectivity index (χ3n) is 9.20. The van der Waals surface area contributed by atoms with Crippen LogP contribution in [0.15, 0.2) is 102 Å². The minimum absolute atomic E-state index is 0.0251. The fraction of sp³-hybridized carbons (Fsp3) is 0.289.